The fourth-order valence-corrected chi connectivity index (χ4v) is 4.98. The molecule has 2 N–H and O–H groups in total. The summed E-state index contributed by atoms with van der Waals surface area (Å²) in [5.74, 6) is 1.86. The Hall–Kier alpha value is -2.67. The molecular formula is C24H34N6O. The molecule has 5 rings (SSSR count). The van der Waals surface area contributed by atoms with Gasteiger partial charge in [0.05, 0.1) is 5.69 Å². The summed E-state index contributed by atoms with van der Waals surface area (Å²) in [6, 6.07) is 11.1. The van der Waals surface area contributed by atoms with Crippen LogP contribution in [-0.2, 0) is 0 Å². The maximum atomic E-state index is 11.8. The lowest BCUT2D eigenvalue weighted by Crippen LogP contribution is -2.56. The molecule has 0 radical (unpaired) electrons. The highest BCUT2D eigenvalue weighted by atomic mass is 16.2. The number of carbonyl (C=O) groups excluding carboxylic acids is 1. The van der Waals surface area contributed by atoms with Crippen molar-refractivity contribution in [3.05, 3.63) is 41.9 Å². The quantitative estimate of drug-likeness (QED) is 0.749. The molecule has 2 aromatic rings. The van der Waals surface area contributed by atoms with Crippen LogP contribution < -0.4 is 15.5 Å². The molecule has 1 aromatic carbocycles. The summed E-state index contributed by atoms with van der Waals surface area (Å²) in [5.41, 5.74) is 4.46. The van der Waals surface area contributed by atoms with Gasteiger partial charge in [0.1, 0.15) is 5.82 Å². The molecule has 31 heavy (non-hydrogen) atoms. The topological polar surface area (TPSA) is 73.4 Å². The number of fused-ring (bicyclic) bond motifs is 3. The minimum atomic E-state index is -0.0713. The number of urea groups is 1. The molecule has 0 aliphatic carbocycles. The molecule has 0 saturated carbocycles. The van der Waals surface area contributed by atoms with Gasteiger partial charge in [0.15, 0.2) is 0 Å². The fourth-order valence-electron chi connectivity index (χ4n) is 4.98. The van der Waals surface area contributed by atoms with E-state index in [1.165, 1.54) is 12.1 Å². The van der Waals surface area contributed by atoms with Crippen LogP contribution in [0.3, 0.4) is 0 Å². The summed E-state index contributed by atoms with van der Waals surface area (Å²) >= 11 is 0. The van der Waals surface area contributed by atoms with Crippen molar-refractivity contribution in [1.82, 2.24) is 25.5 Å². The zero-order valence-electron chi connectivity index (χ0n) is 19.1. The van der Waals surface area contributed by atoms with Crippen molar-refractivity contribution in [2.75, 3.05) is 45.2 Å². The van der Waals surface area contributed by atoms with E-state index < -0.39 is 0 Å². The predicted molar refractivity (Wildman–Crippen MR) is 124 cm³/mol. The summed E-state index contributed by atoms with van der Waals surface area (Å²) in [5, 5.41) is 5.84. The van der Waals surface area contributed by atoms with E-state index in [1.807, 2.05) is 13.8 Å². The number of aryl methyl sites for hydroxylation is 1. The Balaban J connectivity index is 1.49. The summed E-state index contributed by atoms with van der Waals surface area (Å²) in [7, 11) is 4.10. The molecule has 4 atom stereocenters. The molecule has 3 aliphatic heterocycles. The second-order valence-electron chi connectivity index (χ2n) is 8.95. The molecule has 7 heteroatoms. The van der Waals surface area contributed by atoms with Gasteiger partial charge in [-0.05, 0) is 57.4 Å². The Kier molecular flexibility index (Phi) is 6.41. The van der Waals surface area contributed by atoms with Crippen molar-refractivity contribution in [1.29, 1.82) is 0 Å². The summed E-state index contributed by atoms with van der Waals surface area (Å²) in [6.07, 6.45) is 2.30. The molecule has 2 bridgehead atoms. The number of anilines is 1. The molecule has 0 spiro atoms. The van der Waals surface area contributed by atoms with Crippen LogP contribution in [0.15, 0.2) is 30.3 Å². The lowest BCUT2D eigenvalue weighted by Gasteiger charge is -2.49. The highest BCUT2D eigenvalue weighted by Crippen LogP contribution is 2.41. The van der Waals surface area contributed by atoms with Crippen LogP contribution in [0.5, 0.6) is 0 Å². The van der Waals surface area contributed by atoms with E-state index in [1.54, 1.807) is 0 Å². The van der Waals surface area contributed by atoms with E-state index in [0.29, 0.717) is 31.0 Å². The van der Waals surface area contributed by atoms with Crippen molar-refractivity contribution in [2.45, 2.75) is 38.6 Å². The second-order valence-corrected chi connectivity index (χ2v) is 8.95. The number of carbonyl (C=O) groups is 1. The maximum Gasteiger partial charge on any atom is 0.314 e. The van der Waals surface area contributed by atoms with E-state index in [2.05, 4.69) is 64.9 Å². The Labute approximate surface area is 185 Å². The van der Waals surface area contributed by atoms with Crippen molar-refractivity contribution in [3.63, 3.8) is 0 Å². The third-order valence-corrected chi connectivity index (χ3v) is 6.63. The van der Waals surface area contributed by atoms with E-state index in [4.69, 9.17) is 9.97 Å². The van der Waals surface area contributed by atoms with E-state index in [0.717, 1.165) is 42.3 Å². The molecule has 3 aliphatic rings. The summed E-state index contributed by atoms with van der Waals surface area (Å²) in [6.45, 7) is 7.39. The van der Waals surface area contributed by atoms with Gasteiger partial charge in [-0.3, -0.25) is 4.90 Å². The first-order chi connectivity index (χ1) is 14.9. The number of hydrogen-bond acceptors (Lipinski definition) is 5. The van der Waals surface area contributed by atoms with Crippen LogP contribution in [0.25, 0.3) is 11.3 Å². The molecule has 3 fully saturated rings. The van der Waals surface area contributed by atoms with Crippen molar-refractivity contribution in [3.8, 4) is 11.3 Å². The van der Waals surface area contributed by atoms with Crippen LogP contribution in [0.1, 0.15) is 37.2 Å². The lowest BCUT2D eigenvalue weighted by molar-refractivity contribution is 0.0305. The van der Waals surface area contributed by atoms with Gasteiger partial charge in [-0.1, -0.05) is 12.1 Å². The maximum absolute atomic E-state index is 11.8. The smallest absolute Gasteiger partial charge is 0.314 e. The number of hydrogen-bond donors (Lipinski definition) is 2. The number of benzene rings is 1. The van der Waals surface area contributed by atoms with E-state index >= 15 is 0 Å². The van der Waals surface area contributed by atoms with Gasteiger partial charge in [0.25, 0.3) is 0 Å². The molecule has 4 unspecified atom stereocenters. The van der Waals surface area contributed by atoms with Gasteiger partial charge < -0.3 is 15.5 Å². The molecule has 3 saturated heterocycles. The normalized spacial score (nSPS) is 24.6. The number of piperidine rings is 3. The number of rotatable bonds is 6. The van der Waals surface area contributed by atoms with Gasteiger partial charge in [0.2, 0.25) is 0 Å². The Morgan fingerprint density at radius 3 is 2.61 bits per heavy atom. The zero-order chi connectivity index (χ0) is 22.0. The predicted octanol–water partition coefficient (Wildman–Crippen LogP) is 3.01. The average molecular weight is 423 g/mol. The first-order valence-corrected chi connectivity index (χ1v) is 11.3. The number of nitrogens with zero attached hydrogens (tertiary/aromatic N) is 4. The molecule has 2 amide bonds. The van der Waals surface area contributed by atoms with Crippen LogP contribution >= 0.6 is 0 Å². The van der Waals surface area contributed by atoms with Crippen molar-refractivity contribution >= 4 is 11.7 Å². The van der Waals surface area contributed by atoms with E-state index in [9.17, 15) is 4.79 Å². The minimum absolute atomic E-state index is 0.0713. The highest BCUT2D eigenvalue weighted by Gasteiger charge is 2.41. The first kappa shape index (κ1) is 21.6. The van der Waals surface area contributed by atoms with Crippen LogP contribution in [0.4, 0.5) is 10.5 Å². The number of nitrogens with one attached hydrogen (secondary N) is 2. The van der Waals surface area contributed by atoms with Crippen LogP contribution in [-0.4, -0.2) is 67.2 Å². The Morgan fingerprint density at radius 1 is 1.19 bits per heavy atom. The van der Waals surface area contributed by atoms with Gasteiger partial charge in [-0.25, -0.2) is 14.8 Å². The third-order valence-electron chi connectivity index (χ3n) is 6.63. The van der Waals surface area contributed by atoms with Crippen LogP contribution in [0.2, 0.25) is 0 Å². The Bertz CT molecular complexity index is 913. The lowest BCUT2D eigenvalue weighted by atomic mass is 9.74. The van der Waals surface area contributed by atoms with Gasteiger partial charge >= 0.3 is 6.03 Å². The van der Waals surface area contributed by atoms with Crippen molar-refractivity contribution in [2.24, 2.45) is 5.92 Å². The average Bonchev–Trinajstić information content (AvgIpc) is 2.78. The molecule has 4 heterocycles. The number of aromatic nitrogens is 2. The molecule has 166 valence electrons. The van der Waals surface area contributed by atoms with Crippen LogP contribution in [0, 0.1) is 12.8 Å². The summed E-state index contributed by atoms with van der Waals surface area (Å²) < 4.78 is 0. The molecule has 1 aromatic heterocycles. The standard InChI is InChI=1S/C24H34N6O/c1-5-25-24(31)26-14-20-12-18-10-11-30(20)15-21(18)23-13-22(27-16(2)28-23)17-6-8-19(9-7-17)29(3)4/h6-9,13,18,20-21H,5,10-12,14-15H2,1-4H3,(H2,25,26,31). The third kappa shape index (κ3) is 4.82. The van der Waals surface area contributed by atoms with Gasteiger partial charge in [0, 0.05) is 62.6 Å². The Morgan fingerprint density at radius 2 is 1.97 bits per heavy atom. The second kappa shape index (κ2) is 9.22. The molecule has 7 nitrogen and oxygen atoms in total. The largest absolute Gasteiger partial charge is 0.378 e. The highest BCUT2D eigenvalue weighted by molar-refractivity contribution is 5.73. The van der Waals surface area contributed by atoms with Crippen molar-refractivity contribution < 1.29 is 4.79 Å². The summed E-state index contributed by atoms with van der Waals surface area (Å²) in [4.78, 5) is 26.0. The minimum Gasteiger partial charge on any atom is -0.378 e. The van der Waals surface area contributed by atoms with Gasteiger partial charge in [-0.2, -0.15) is 0 Å². The first-order valence-electron chi connectivity index (χ1n) is 11.3. The van der Waals surface area contributed by atoms with Gasteiger partial charge in [-0.15, -0.1) is 0 Å². The zero-order valence-corrected chi connectivity index (χ0v) is 19.1. The molecular weight excluding hydrogens is 388 g/mol. The number of amides is 2. The van der Waals surface area contributed by atoms with E-state index in [-0.39, 0.29) is 6.03 Å². The SMILES string of the molecule is CCNC(=O)NCC1CC2CCN1CC2c1cc(-c2ccc(N(C)C)cc2)nc(C)n1. The monoisotopic (exact) mass is 422 g/mol. The fraction of sp³-hybridized carbons (Fsp3) is 0.542.